The van der Waals surface area contributed by atoms with Crippen molar-refractivity contribution in [1.82, 2.24) is 4.98 Å². The molecule has 0 aliphatic heterocycles. The topological polar surface area (TPSA) is 22.1 Å². The molecule has 0 amide bonds. The number of aryl methyl sites for hydroxylation is 3. The molecule has 0 saturated heterocycles. The van der Waals surface area contributed by atoms with E-state index in [0.717, 1.165) is 28.6 Å². The molecule has 0 spiro atoms. The first-order valence-corrected chi connectivity index (χ1v) is 11.7. The number of aromatic nitrogens is 1. The van der Waals surface area contributed by atoms with Crippen LogP contribution in [0.1, 0.15) is 42.9 Å². The molecule has 5 heteroatoms. The highest BCUT2D eigenvalue weighted by atomic mass is 19.3. The lowest BCUT2D eigenvalue weighted by Gasteiger charge is -2.10. The second-order valence-corrected chi connectivity index (χ2v) is 8.51. The number of alkyl halides is 2. The average molecular weight is 464 g/mol. The van der Waals surface area contributed by atoms with E-state index in [1.807, 2.05) is 42.6 Å². The van der Waals surface area contributed by atoms with Crippen LogP contribution in [0.25, 0.3) is 22.0 Å². The molecule has 0 unspecified atom stereocenters. The molecule has 176 valence electrons. The van der Waals surface area contributed by atoms with Gasteiger partial charge in [-0.15, -0.1) is 0 Å². The third kappa shape index (κ3) is 5.96. The maximum absolute atomic E-state index is 15.2. The number of benzene rings is 3. The van der Waals surface area contributed by atoms with Gasteiger partial charge in [0.1, 0.15) is 11.6 Å². The molecule has 0 radical (unpaired) electrons. The van der Waals surface area contributed by atoms with E-state index in [1.54, 1.807) is 12.1 Å². The van der Waals surface area contributed by atoms with Gasteiger partial charge < -0.3 is 4.74 Å². The quantitative estimate of drug-likeness (QED) is 0.221. The monoisotopic (exact) mass is 463 g/mol. The number of nitrogens with zero attached hydrogens (tertiary/aromatic N) is 1. The van der Waals surface area contributed by atoms with Crippen molar-refractivity contribution in [3.05, 3.63) is 95.4 Å². The van der Waals surface area contributed by atoms with Gasteiger partial charge in [-0.05, 0) is 72.0 Å². The minimum absolute atomic E-state index is 0.118. The molecule has 0 aliphatic rings. The van der Waals surface area contributed by atoms with E-state index in [9.17, 15) is 8.78 Å². The van der Waals surface area contributed by atoms with Gasteiger partial charge in [0.25, 0.3) is 0 Å². The van der Waals surface area contributed by atoms with Gasteiger partial charge in [0.15, 0.2) is 0 Å². The minimum Gasteiger partial charge on any atom is -0.435 e. The summed E-state index contributed by atoms with van der Waals surface area (Å²) in [5.74, 6) is -0.104. The van der Waals surface area contributed by atoms with Crippen molar-refractivity contribution < 1.29 is 17.9 Å². The van der Waals surface area contributed by atoms with E-state index in [1.165, 1.54) is 37.0 Å². The lowest BCUT2D eigenvalue weighted by atomic mass is 9.98. The number of unbranched alkanes of at least 4 members (excludes halogenated alkanes) is 2. The van der Waals surface area contributed by atoms with Crippen LogP contribution in [0.15, 0.2) is 72.9 Å². The van der Waals surface area contributed by atoms with Crippen LogP contribution in [-0.4, -0.2) is 11.6 Å². The molecule has 1 aromatic heterocycles. The first-order chi connectivity index (χ1) is 16.5. The van der Waals surface area contributed by atoms with Crippen LogP contribution < -0.4 is 4.74 Å². The van der Waals surface area contributed by atoms with Gasteiger partial charge in [0.05, 0.1) is 5.69 Å². The first kappa shape index (κ1) is 23.8. The second-order valence-electron chi connectivity index (χ2n) is 8.51. The molecule has 34 heavy (non-hydrogen) atoms. The zero-order valence-electron chi connectivity index (χ0n) is 19.2. The number of hydrogen-bond acceptors (Lipinski definition) is 2. The van der Waals surface area contributed by atoms with Gasteiger partial charge in [0.2, 0.25) is 0 Å². The molecule has 0 bridgehead atoms. The number of halogens is 3. The highest BCUT2D eigenvalue weighted by molar-refractivity contribution is 5.88. The molecule has 2 nitrogen and oxygen atoms in total. The van der Waals surface area contributed by atoms with Gasteiger partial charge in [0, 0.05) is 17.1 Å². The summed E-state index contributed by atoms with van der Waals surface area (Å²) < 4.78 is 44.1. The fourth-order valence-electron chi connectivity index (χ4n) is 4.13. The number of hydrogen-bond donors (Lipinski definition) is 0. The number of rotatable bonds is 10. The highest BCUT2D eigenvalue weighted by Crippen LogP contribution is 2.28. The molecule has 1 heterocycles. The molecule has 0 atom stereocenters. The van der Waals surface area contributed by atoms with Crippen molar-refractivity contribution in [2.75, 3.05) is 0 Å². The summed E-state index contributed by atoms with van der Waals surface area (Å²) in [7, 11) is 0. The Morgan fingerprint density at radius 1 is 0.824 bits per heavy atom. The number of pyridine rings is 1. The van der Waals surface area contributed by atoms with Crippen molar-refractivity contribution in [3.63, 3.8) is 0 Å². The number of ether oxygens (including phenoxy) is 1. The Hall–Kier alpha value is -3.34. The summed E-state index contributed by atoms with van der Waals surface area (Å²) in [5, 5.41) is 1.42. The smallest absolute Gasteiger partial charge is 0.387 e. The van der Waals surface area contributed by atoms with E-state index >= 15 is 4.39 Å². The van der Waals surface area contributed by atoms with Crippen LogP contribution in [0.4, 0.5) is 13.2 Å². The number of fused-ring (bicyclic) bond motifs is 1. The molecule has 3 aromatic carbocycles. The lowest BCUT2D eigenvalue weighted by Crippen LogP contribution is -2.02. The Morgan fingerprint density at radius 2 is 1.62 bits per heavy atom. The predicted molar refractivity (Wildman–Crippen MR) is 131 cm³/mol. The molecule has 0 N–H and O–H groups in total. The maximum atomic E-state index is 15.2. The molecule has 0 saturated carbocycles. The Balaban J connectivity index is 1.45. The van der Waals surface area contributed by atoms with Crippen molar-refractivity contribution in [3.8, 4) is 17.0 Å². The van der Waals surface area contributed by atoms with Crippen molar-refractivity contribution in [2.24, 2.45) is 0 Å². The zero-order valence-corrected chi connectivity index (χ0v) is 19.2. The molecular weight excluding hydrogens is 435 g/mol. The van der Waals surface area contributed by atoms with E-state index in [2.05, 4.69) is 22.7 Å². The second kappa shape index (κ2) is 11.2. The van der Waals surface area contributed by atoms with Crippen LogP contribution in [0.2, 0.25) is 0 Å². The Kier molecular flexibility index (Phi) is 7.84. The normalized spacial score (nSPS) is 11.3. The van der Waals surface area contributed by atoms with Crippen molar-refractivity contribution in [2.45, 2.75) is 52.1 Å². The minimum atomic E-state index is -2.84. The fraction of sp³-hybridized carbons (Fsp3) is 0.276. The summed E-state index contributed by atoms with van der Waals surface area (Å²) >= 11 is 0. The van der Waals surface area contributed by atoms with E-state index in [-0.39, 0.29) is 11.6 Å². The summed E-state index contributed by atoms with van der Waals surface area (Å²) in [6.07, 6.45) is 7.69. The van der Waals surface area contributed by atoms with Crippen LogP contribution in [-0.2, 0) is 19.3 Å². The third-order valence-electron chi connectivity index (χ3n) is 6.06. The van der Waals surface area contributed by atoms with Crippen molar-refractivity contribution in [1.29, 1.82) is 0 Å². The maximum Gasteiger partial charge on any atom is 0.387 e. The van der Waals surface area contributed by atoms with E-state index in [4.69, 9.17) is 0 Å². The van der Waals surface area contributed by atoms with Gasteiger partial charge in [-0.3, -0.25) is 4.98 Å². The van der Waals surface area contributed by atoms with Gasteiger partial charge in [-0.25, -0.2) is 4.39 Å². The van der Waals surface area contributed by atoms with Crippen LogP contribution in [0.5, 0.6) is 5.75 Å². The molecule has 0 fully saturated rings. The summed E-state index contributed by atoms with van der Waals surface area (Å²) in [6, 6.07) is 20.1. The summed E-state index contributed by atoms with van der Waals surface area (Å²) in [6.45, 7) is -0.647. The zero-order chi connectivity index (χ0) is 23.9. The Morgan fingerprint density at radius 3 is 2.32 bits per heavy atom. The van der Waals surface area contributed by atoms with Crippen molar-refractivity contribution >= 4 is 10.8 Å². The van der Waals surface area contributed by atoms with Gasteiger partial charge in [-0.1, -0.05) is 62.2 Å². The lowest BCUT2D eigenvalue weighted by molar-refractivity contribution is -0.0498. The SMILES string of the molecule is CCCCCc1ccc(-c2ccc3c(F)c(CCc4ccc(OC(F)F)cc4)ccc3c2)nc1. The summed E-state index contributed by atoms with van der Waals surface area (Å²) in [4.78, 5) is 4.62. The molecule has 0 aliphatic carbocycles. The largest absolute Gasteiger partial charge is 0.435 e. The summed E-state index contributed by atoms with van der Waals surface area (Å²) in [5.41, 5.74) is 4.64. The molecular formula is C29H28F3NO. The molecule has 4 aromatic rings. The Labute approximate surface area is 198 Å². The highest BCUT2D eigenvalue weighted by Gasteiger charge is 2.10. The first-order valence-electron chi connectivity index (χ1n) is 11.7. The van der Waals surface area contributed by atoms with Crippen LogP contribution in [0, 0.1) is 5.82 Å². The van der Waals surface area contributed by atoms with E-state index < -0.39 is 6.61 Å². The Bertz CT molecular complexity index is 1220. The fourth-order valence-corrected chi connectivity index (χ4v) is 4.13. The predicted octanol–water partition coefficient (Wildman–Crippen LogP) is 8.16. The average Bonchev–Trinajstić information content (AvgIpc) is 2.85. The van der Waals surface area contributed by atoms with Gasteiger partial charge >= 0.3 is 6.61 Å². The standard InChI is InChI=1S/C29H28F3NO/c1-2-3-4-5-21-9-17-27(33-19-21)24-13-16-26-23(18-24)12-11-22(28(26)30)10-6-20-7-14-25(15-8-20)34-29(31)32/h7-9,11-19,29H,2-6,10H2,1H3. The third-order valence-corrected chi connectivity index (χ3v) is 6.06. The van der Waals surface area contributed by atoms with E-state index in [0.29, 0.717) is 23.8 Å². The molecule has 4 rings (SSSR count). The van der Waals surface area contributed by atoms with Gasteiger partial charge in [-0.2, -0.15) is 8.78 Å². The van der Waals surface area contributed by atoms with Crippen LogP contribution in [0.3, 0.4) is 0 Å². The van der Waals surface area contributed by atoms with Crippen LogP contribution >= 0.6 is 0 Å².